The molecular weight excluding hydrogens is 274 g/mol. The van der Waals surface area contributed by atoms with Crippen molar-refractivity contribution in [3.63, 3.8) is 0 Å². The summed E-state index contributed by atoms with van der Waals surface area (Å²) in [6.45, 7) is 1.82. The van der Waals surface area contributed by atoms with E-state index in [2.05, 4.69) is 15.5 Å². The molecule has 0 bridgehead atoms. The number of nitrogens with zero attached hydrogens (tertiary/aromatic N) is 1. The maximum Gasteiger partial charge on any atom is 0.276 e. The van der Waals surface area contributed by atoms with Crippen molar-refractivity contribution >= 4 is 11.6 Å². The number of hydrogen-bond acceptors (Lipinski definition) is 5. The molecule has 0 fully saturated rings. The van der Waals surface area contributed by atoms with Crippen molar-refractivity contribution in [2.45, 2.75) is 6.92 Å². The summed E-state index contributed by atoms with van der Waals surface area (Å²) < 4.78 is 15.7. The van der Waals surface area contributed by atoms with Crippen molar-refractivity contribution in [2.24, 2.45) is 0 Å². The minimum Gasteiger partial charge on any atom is -0.493 e. The number of amides is 1. The van der Waals surface area contributed by atoms with Gasteiger partial charge in [0.25, 0.3) is 5.91 Å². The fraction of sp³-hybridized carbons (Fsp3) is 0.286. The van der Waals surface area contributed by atoms with Gasteiger partial charge in [-0.2, -0.15) is 5.10 Å². The molecule has 7 nitrogen and oxygen atoms in total. The van der Waals surface area contributed by atoms with Crippen molar-refractivity contribution in [3.8, 4) is 17.2 Å². The van der Waals surface area contributed by atoms with Gasteiger partial charge in [-0.25, -0.2) is 0 Å². The molecule has 2 aromatic rings. The number of aromatic nitrogens is 2. The van der Waals surface area contributed by atoms with Gasteiger partial charge in [0, 0.05) is 23.5 Å². The summed E-state index contributed by atoms with van der Waals surface area (Å²) in [7, 11) is 4.55. The molecule has 0 aliphatic rings. The van der Waals surface area contributed by atoms with Gasteiger partial charge >= 0.3 is 0 Å². The summed E-state index contributed by atoms with van der Waals surface area (Å²) in [6, 6.07) is 4.96. The van der Waals surface area contributed by atoms with Gasteiger partial charge in [-0.15, -0.1) is 0 Å². The highest BCUT2D eigenvalue weighted by Crippen LogP contribution is 2.39. The number of aromatic amines is 1. The maximum atomic E-state index is 12.1. The molecule has 7 heteroatoms. The molecule has 0 radical (unpaired) electrons. The predicted molar refractivity (Wildman–Crippen MR) is 77.4 cm³/mol. The molecule has 0 atom stereocenters. The van der Waals surface area contributed by atoms with Crippen LogP contribution >= 0.6 is 0 Å². The van der Waals surface area contributed by atoms with Crippen molar-refractivity contribution in [2.75, 3.05) is 26.6 Å². The van der Waals surface area contributed by atoms with Crippen LogP contribution in [-0.2, 0) is 0 Å². The lowest BCUT2D eigenvalue weighted by atomic mass is 10.2. The minimum atomic E-state index is -0.325. The van der Waals surface area contributed by atoms with Gasteiger partial charge in [0.1, 0.15) is 0 Å². The molecule has 0 unspecified atom stereocenters. The van der Waals surface area contributed by atoms with E-state index in [1.807, 2.05) is 6.92 Å². The molecule has 0 spiro atoms. The van der Waals surface area contributed by atoms with Gasteiger partial charge in [0.15, 0.2) is 17.2 Å². The Morgan fingerprint density at radius 1 is 1.10 bits per heavy atom. The average Bonchev–Trinajstić information content (AvgIpc) is 2.92. The lowest BCUT2D eigenvalue weighted by Gasteiger charge is -2.14. The molecule has 0 saturated heterocycles. The quantitative estimate of drug-likeness (QED) is 0.880. The van der Waals surface area contributed by atoms with Crippen molar-refractivity contribution in [1.82, 2.24) is 10.2 Å². The van der Waals surface area contributed by atoms with Crippen LogP contribution in [0.4, 0.5) is 5.69 Å². The summed E-state index contributed by atoms with van der Waals surface area (Å²) in [5.74, 6) is 1.07. The Morgan fingerprint density at radius 2 is 1.71 bits per heavy atom. The van der Waals surface area contributed by atoms with Crippen LogP contribution < -0.4 is 19.5 Å². The molecule has 1 aromatic carbocycles. The van der Waals surface area contributed by atoms with Gasteiger partial charge in [-0.05, 0) is 13.0 Å². The van der Waals surface area contributed by atoms with Crippen LogP contribution in [-0.4, -0.2) is 37.4 Å². The predicted octanol–water partition coefficient (Wildman–Crippen LogP) is 2.00. The van der Waals surface area contributed by atoms with E-state index < -0.39 is 0 Å². The molecule has 1 heterocycles. The largest absolute Gasteiger partial charge is 0.493 e. The molecule has 21 heavy (non-hydrogen) atoms. The second-order valence-electron chi connectivity index (χ2n) is 4.30. The Balaban J connectivity index is 2.29. The van der Waals surface area contributed by atoms with Crippen LogP contribution in [0.1, 0.15) is 16.2 Å². The number of rotatable bonds is 5. The second-order valence-corrected chi connectivity index (χ2v) is 4.30. The molecule has 0 aliphatic heterocycles. The zero-order chi connectivity index (χ0) is 15.4. The van der Waals surface area contributed by atoms with Crippen LogP contribution in [0.5, 0.6) is 17.2 Å². The first-order valence-electron chi connectivity index (χ1n) is 6.22. The number of carbonyl (C=O) groups is 1. The van der Waals surface area contributed by atoms with Gasteiger partial charge in [-0.3, -0.25) is 9.89 Å². The van der Waals surface area contributed by atoms with E-state index >= 15 is 0 Å². The number of hydrogen-bond donors (Lipinski definition) is 2. The van der Waals surface area contributed by atoms with E-state index in [0.29, 0.717) is 28.6 Å². The molecule has 2 rings (SSSR count). The van der Waals surface area contributed by atoms with Crippen LogP contribution in [0, 0.1) is 6.92 Å². The Morgan fingerprint density at radius 3 is 2.14 bits per heavy atom. The number of benzene rings is 1. The molecule has 1 amide bonds. The van der Waals surface area contributed by atoms with E-state index in [1.165, 1.54) is 21.3 Å². The number of aryl methyl sites for hydroxylation is 1. The van der Waals surface area contributed by atoms with E-state index in [-0.39, 0.29) is 5.91 Å². The van der Waals surface area contributed by atoms with Crippen LogP contribution in [0.2, 0.25) is 0 Å². The van der Waals surface area contributed by atoms with Crippen molar-refractivity contribution in [3.05, 3.63) is 29.6 Å². The van der Waals surface area contributed by atoms with E-state index in [1.54, 1.807) is 18.2 Å². The highest BCUT2D eigenvalue weighted by molar-refractivity contribution is 6.03. The first kappa shape index (κ1) is 14.7. The summed E-state index contributed by atoms with van der Waals surface area (Å²) in [5, 5.41) is 9.36. The lowest BCUT2D eigenvalue weighted by molar-refractivity contribution is 0.102. The van der Waals surface area contributed by atoms with Crippen LogP contribution in [0.3, 0.4) is 0 Å². The number of methoxy groups -OCH3 is 3. The zero-order valence-electron chi connectivity index (χ0n) is 12.3. The number of H-pyrrole nitrogens is 1. The zero-order valence-corrected chi connectivity index (χ0v) is 12.3. The third kappa shape index (κ3) is 3.07. The minimum absolute atomic E-state index is 0.307. The first-order valence-corrected chi connectivity index (χ1v) is 6.22. The normalized spacial score (nSPS) is 10.1. The fourth-order valence-corrected chi connectivity index (χ4v) is 1.88. The Hall–Kier alpha value is -2.70. The van der Waals surface area contributed by atoms with Crippen molar-refractivity contribution < 1.29 is 19.0 Å². The molecule has 0 saturated carbocycles. The highest BCUT2D eigenvalue weighted by Gasteiger charge is 2.16. The summed E-state index contributed by atoms with van der Waals surface area (Å²) >= 11 is 0. The molecule has 2 N–H and O–H groups in total. The SMILES string of the molecule is COc1cc(NC(=O)c2cc(C)[nH]n2)cc(OC)c1OC. The second kappa shape index (κ2) is 6.17. The van der Waals surface area contributed by atoms with Gasteiger partial charge in [0.2, 0.25) is 5.75 Å². The molecule has 1 aromatic heterocycles. The monoisotopic (exact) mass is 291 g/mol. The average molecular weight is 291 g/mol. The Labute approximate surface area is 122 Å². The number of anilines is 1. The summed E-state index contributed by atoms with van der Waals surface area (Å²) in [6.07, 6.45) is 0. The van der Waals surface area contributed by atoms with Gasteiger partial charge in [-0.1, -0.05) is 0 Å². The Bertz CT molecular complexity index is 626. The van der Waals surface area contributed by atoms with E-state index in [0.717, 1.165) is 5.69 Å². The smallest absolute Gasteiger partial charge is 0.276 e. The summed E-state index contributed by atoms with van der Waals surface area (Å²) in [4.78, 5) is 12.1. The fourth-order valence-electron chi connectivity index (χ4n) is 1.88. The summed E-state index contributed by atoms with van der Waals surface area (Å²) in [5.41, 5.74) is 1.64. The molecule has 0 aliphatic carbocycles. The van der Waals surface area contributed by atoms with Crippen LogP contribution in [0.15, 0.2) is 18.2 Å². The number of carbonyl (C=O) groups excluding carboxylic acids is 1. The number of ether oxygens (including phenoxy) is 3. The lowest BCUT2D eigenvalue weighted by Crippen LogP contribution is -2.12. The first-order chi connectivity index (χ1) is 10.1. The van der Waals surface area contributed by atoms with E-state index in [4.69, 9.17) is 14.2 Å². The standard InChI is InChI=1S/C14H17N3O4/c1-8-5-10(17-16-8)14(18)15-9-6-11(19-2)13(21-4)12(7-9)20-3/h5-7H,1-4H3,(H,15,18)(H,16,17). The van der Waals surface area contributed by atoms with Gasteiger partial charge < -0.3 is 19.5 Å². The van der Waals surface area contributed by atoms with Crippen molar-refractivity contribution in [1.29, 1.82) is 0 Å². The van der Waals surface area contributed by atoms with E-state index in [9.17, 15) is 4.79 Å². The maximum absolute atomic E-state index is 12.1. The molecular formula is C14H17N3O4. The molecule has 112 valence electrons. The Kier molecular flexibility index (Phi) is 4.32. The third-order valence-corrected chi connectivity index (χ3v) is 2.86. The topological polar surface area (TPSA) is 85.5 Å². The number of nitrogens with one attached hydrogen (secondary N) is 2. The third-order valence-electron chi connectivity index (χ3n) is 2.86. The van der Waals surface area contributed by atoms with Gasteiger partial charge in [0.05, 0.1) is 21.3 Å². The van der Waals surface area contributed by atoms with Crippen LogP contribution in [0.25, 0.3) is 0 Å². The highest BCUT2D eigenvalue weighted by atomic mass is 16.5.